The molecule has 0 radical (unpaired) electrons. The van der Waals surface area contributed by atoms with Crippen LogP contribution in [-0.4, -0.2) is 25.5 Å². The summed E-state index contributed by atoms with van der Waals surface area (Å²) in [6, 6.07) is 11.1. The molecule has 0 atom stereocenters. The minimum absolute atomic E-state index is 0.00325. The minimum atomic E-state index is -3.92. The number of fused-ring (bicyclic) bond motifs is 1. The van der Waals surface area contributed by atoms with Crippen LogP contribution in [0.2, 0.25) is 0 Å². The Morgan fingerprint density at radius 3 is 2.58 bits per heavy atom. The van der Waals surface area contributed by atoms with Crippen molar-refractivity contribution in [3.8, 4) is 11.5 Å². The smallest absolute Gasteiger partial charge is 0.465 e. The third-order valence-corrected chi connectivity index (χ3v) is 3.37. The Kier molecular flexibility index (Phi) is 4.61. The van der Waals surface area contributed by atoms with Crippen LogP contribution in [0.25, 0.3) is 0 Å². The van der Waals surface area contributed by atoms with Gasteiger partial charge >= 0.3 is 18.4 Å². The van der Waals surface area contributed by atoms with E-state index < -0.39 is 29.9 Å². The number of amides is 1. The summed E-state index contributed by atoms with van der Waals surface area (Å²) in [6.45, 7) is 0.0131. The zero-order valence-corrected chi connectivity index (χ0v) is 13.5. The first-order valence-electron chi connectivity index (χ1n) is 7.38. The Labute approximate surface area is 146 Å². The summed E-state index contributed by atoms with van der Waals surface area (Å²) in [6.07, 6.45) is -4.76. The van der Waals surface area contributed by atoms with E-state index in [2.05, 4.69) is 19.5 Å². The highest BCUT2D eigenvalue weighted by molar-refractivity contribution is 5.96. The van der Waals surface area contributed by atoms with Crippen LogP contribution in [0.15, 0.2) is 42.5 Å². The molecule has 1 heterocycles. The molecule has 1 amide bonds. The fourth-order valence-electron chi connectivity index (χ4n) is 2.26. The van der Waals surface area contributed by atoms with Gasteiger partial charge in [-0.25, -0.2) is 9.59 Å². The van der Waals surface area contributed by atoms with Gasteiger partial charge in [0.2, 0.25) is 0 Å². The van der Waals surface area contributed by atoms with Crippen molar-refractivity contribution < 1.29 is 37.3 Å². The van der Waals surface area contributed by atoms with E-state index in [1.165, 1.54) is 0 Å². The van der Waals surface area contributed by atoms with Crippen LogP contribution < -0.4 is 14.8 Å². The van der Waals surface area contributed by atoms with Gasteiger partial charge in [-0.2, -0.15) is 0 Å². The lowest BCUT2D eigenvalue weighted by Crippen LogP contribution is -2.26. The molecule has 1 N–H and O–H groups in total. The van der Waals surface area contributed by atoms with Crippen molar-refractivity contribution in [1.29, 1.82) is 0 Å². The monoisotopic (exact) mass is 365 g/mol. The number of rotatable bonds is 4. The highest BCUT2D eigenvalue weighted by atomic mass is 19.3. The number of methoxy groups -OCH3 is 1. The van der Waals surface area contributed by atoms with Crippen molar-refractivity contribution in [3.63, 3.8) is 0 Å². The predicted molar refractivity (Wildman–Crippen MR) is 84.2 cm³/mol. The van der Waals surface area contributed by atoms with Gasteiger partial charge in [0.05, 0.1) is 7.11 Å². The second-order valence-electron chi connectivity index (χ2n) is 5.20. The second-order valence-corrected chi connectivity index (χ2v) is 5.20. The van der Waals surface area contributed by atoms with Crippen LogP contribution in [0.5, 0.6) is 11.5 Å². The Balaban J connectivity index is 1.76. The van der Waals surface area contributed by atoms with Gasteiger partial charge in [0.1, 0.15) is 12.2 Å². The van der Waals surface area contributed by atoms with Gasteiger partial charge in [0.25, 0.3) is 0 Å². The zero-order chi connectivity index (χ0) is 18.7. The number of carbonyl (C=O) groups excluding carboxylic acids is 2. The van der Waals surface area contributed by atoms with E-state index in [-0.39, 0.29) is 17.9 Å². The third kappa shape index (κ3) is 3.82. The Bertz CT molecular complexity index is 841. The molecular formula is C17H13F2NO6. The fourth-order valence-corrected chi connectivity index (χ4v) is 2.26. The quantitative estimate of drug-likeness (QED) is 0.835. The molecule has 3 rings (SSSR count). The van der Waals surface area contributed by atoms with Crippen LogP contribution in [-0.2, 0) is 16.1 Å². The topological polar surface area (TPSA) is 83.1 Å². The van der Waals surface area contributed by atoms with E-state index in [0.717, 1.165) is 24.8 Å². The largest absolute Gasteiger partial charge is 0.586 e. The summed E-state index contributed by atoms with van der Waals surface area (Å²) in [5.74, 6) is -1.80. The van der Waals surface area contributed by atoms with Gasteiger partial charge < -0.3 is 18.9 Å². The average Bonchev–Trinajstić information content (AvgIpc) is 2.93. The van der Waals surface area contributed by atoms with Gasteiger partial charge in [0.15, 0.2) is 11.5 Å². The first kappa shape index (κ1) is 17.5. The average molecular weight is 365 g/mol. The van der Waals surface area contributed by atoms with Crippen molar-refractivity contribution >= 4 is 17.7 Å². The number of benzene rings is 2. The Hall–Kier alpha value is -3.36. The summed E-state index contributed by atoms with van der Waals surface area (Å²) in [5.41, 5.74) is 0.451. The van der Waals surface area contributed by atoms with Crippen molar-refractivity contribution in [2.45, 2.75) is 12.9 Å². The van der Waals surface area contributed by atoms with E-state index in [4.69, 9.17) is 4.74 Å². The number of ether oxygens (including phenoxy) is 4. The molecule has 7 nitrogen and oxygen atoms in total. The second kappa shape index (κ2) is 6.87. The lowest BCUT2D eigenvalue weighted by atomic mass is 10.1. The molecule has 136 valence electrons. The molecule has 9 heteroatoms. The standard InChI is InChI=1S/C17H13F2NO6/c1-23-15(21)12-7-11(8-13-14(12)26-17(18,19)25-13)20-16(22)24-9-10-5-3-2-4-6-10/h2-8H,9H2,1H3,(H,20,22). The molecule has 1 aliphatic rings. The van der Waals surface area contributed by atoms with Crippen molar-refractivity contribution in [1.82, 2.24) is 0 Å². The molecule has 0 aromatic heterocycles. The number of hydrogen-bond donors (Lipinski definition) is 1. The van der Waals surface area contributed by atoms with E-state index in [1.54, 1.807) is 24.3 Å². The number of halogens is 2. The predicted octanol–water partition coefficient (Wildman–Crippen LogP) is 3.54. The van der Waals surface area contributed by atoms with Gasteiger partial charge in [0, 0.05) is 11.8 Å². The minimum Gasteiger partial charge on any atom is -0.465 e. The Morgan fingerprint density at radius 2 is 1.88 bits per heavy atom. The SMILES string of the molecule is COC(=O)c1cc(NC(=O)OCc2ccccc2)cc2c1OC(F)(F)O2. The highest BCUT2D eigenvalue weighted by Gasteiger charge is 2.46. The maximum absolute atomic E-state index is 13.3. The molecule has 0 unspecified atom stereocenters. The van der Waals surface area contributed by atoms with Gasteiger partial charge in [-0.05, 0) is 11.6 Å². The number of hydrogen-bond acceptors (Lipinski definition) is 6. The molecular weight excluding hydrogens is 352 g/mol. The number of nitrogens with one attached hydrogen (secondary N) is 1. The van der Waals surface area contributed by atoms with Gasteiger partial charge in [-0.1, -0.05) is 30.3 Å². The van der Waals surface area contributed by atoms with Crippen LogP contribution in [0, 0.1) is 0 Å². The number of alkyl halides is 2. The third-order valence-electron chi connectivity index (χ3n) is 3.37. The Morgan fingerprint density at radius 1 is 1.15 bits per heavy atom. The normalized spacial score (nSPS) is 13.8. The van der Waals surface area contributed by atoms with Crippen LogP contribution in [0.1, 0.15) is 15.9 Å². The van der Waals surface area contributed by atoms with E-state index in [0.29, 0.717) is 0 Å². The summed E-state index contributed by atoms with van der Waals surface area (Å²) in [4.78, 5) is 23.7. The number of anilines is 1. The fraction of sp³-hybridized carbons (Fsp3) is 0.176. The van der Waals surface area contributed by atoms with Gasteiger partial charge in [-0.15, -0.1) is 8.78 Å². The highest BCUT2D eigenvalue weighted by Crippen LogP contribution is 2.45. The molecule has 0 saturated heterocycles. The number of esters is 1. The molecule has 0 spiro atoms. The first-order chi connectivity index (χ1) is 12.4. The van der Waals surface area contributed by atoms with E-state index in [9.17, 15) is 18.4 Å². The summed E-state index contributed by atoms with van der Waals surface area (Å²) < 4.78 is 44.8. The van der Waals surface area contributed by atoms with Crippen molar-refractivity contribution in [2.75, 3.05) is 12.4 Å². The lowest BCUT2D eigenvalue weighted by Gasteiger charge is -2.10. The van der Waals surface area contributed by atoms with E-state index in [1.807, 2.05) is 6.07 Å². The van der Waals surface area contributed by atoms with Gasteiger partial charge in [-0.3, -0.25) is 5.32 Å². The molecule has 0 bridgehead atoms. The molecule has 2 aromatic rings. The molecule has 0 saturated carbocycles. The molecule has 1 aliphatic heterocycles. The van der Waals surface area contributed by atoms with Crippen molar-refractivity contribution in [2.24, 2.45) is 0 Å². The summed E-state index contributed by atoms with van der Waals surface area (Å²) in [5, 5.41) is 2.34. The number of carbonyl (C=O) groups is 2. The lowest BCUT2D eigenvalue weighted by molar-refractivity contribution is -0.286. The maximum atomic E-state index is 13.3. The summed E-state index contributed by atoms with van der Waals surface area (Å²) >= 11 is 0. The van der Waals surface area contributed by atoms with E-state index >= 15 is 0 Å². The molecule has 26 heavy (non-hydrogen) atoms. The molecule has 0 aliphatic carbocycles. The first-order valence-corrected chi connectivity index (χ1v) is 7.38. The molecule has 0 fully saturated rings. The molecule has 2 aromatic carbocycles. The zero-order valence-electron chi connectivity index (χ0n) is 13.5. The maximum Gasteiger partial charge on any atom is 0.586 e. The van der Waals surface area contributed by atoms with Crippen LogP contribution in [0.4, 0.5) is 19.3 Å². The van der Waals surface area contributed by atoms with Crippen molar-refractivity contribution in [3.05, 3.63) is 53.6 Å². The van der Waals surface area contributed by atoms with Crippen LogP contribution >= 0.6 is 0 Å². The van der Waals surface area contributed by atoms with Crippen LogP contribution in [0.3, 0.4) is 0 Å². The summed E-state index contributed by atoms with van der Waals surface area (Å²) in [7, 11) is 1.08.